The van der Waals surface area contributed by atoms with Gasteiger partial charge in [-0.05, 0) is 176 Å². The zero-order chi connectivity index (χ0) is 55.9. The van der Waals surface area contributed by atoms with Crippen LogP contribution in [0.5, 0.6) is 0 Å². The van der Waals surface area contributed by atoms with Crippen molar-refractivity contribution in [1.29, 1.82) is 0 Å². The van der Waals surface area contributed by atoms with Crippen molar-refractivity contribution in [3.8, 4) is 39.4 Å². The monoisotopic (exact) mass is 1060 g/mol. The highest BCUT2D eigenvalue weighted by Gasteiger charge is 2.27. The predicted octanol–water partition coefficient (Wildman–Crippen LogP) is 19.7. The third kappa shape index (κ3) is 7.80. The van der Waals surface area contributed by atoms with Crippen LogP contribution in [0.15, 0.2) is 170 Å². The number of para-hydroxylation sites is 3. The molecule has 0 saturated heterocycles. The topological polar surface area (TPSA) is 62.3 Å². The van der Waals surface area contributed by atoms with E-state index in [4.69, 9.17) is 15.0 Å². The van der Waals surface area contributed by atoms with E-state index in [-0.39, 0.29) is 0 Å². The van der Waals surface area contributed by atoms with Gasteiger partial charge in [-0.1, -0.05) is 162 Å². The summed E-state index contributed by atoms with van der Waals surface area (Å²) in [5.74, 6) is 4.81. The lowest BCUT2D eigenvalue weighted by molar-refractivity contribution is 0.807. The fourth-order valence-electron chi connectivity index (χ4n) is 13.2. The van der Waals surface area contributed by atoms with Gasteiger partial charge in [0.05, 0.1) is 66.5 Å². The standard InChI is InChI=1S/C73H70N8/c1-41(2)49-33-55(43(5)6)70(56(34-49)44(7)8)47-24-29-60-66(37-47)81-67-38-48(71-57(45(9)10)35-50(42(3)4)36-58(71)46(11)12)25-30-63(67)77(72(81)76-60)52-27-31-64-68(40-52)78(73-75-59-20-14-16-22-62(59)80(64)73)51-26-28-54-53-19-13-15-21-61(53)79(65(54)39-51)69-23-17-18-32-74-69/h13-46H,1-12H3. The lowest BCUT2D eigenvalue weighted by Crippen LogP contribution is -2.04. The third-order valence-electron chi connectivity index (χ3n) is 17.4. The lowest BCUT2D eigenvalue weighted by atomic mass is 9.81. The maximum absolute atomic E-state index is 5.66. The zero-order valence-corrected chi connectivity index (χ0v) is 48.7. The summed E-state index contributed by atoms with van der Waals surface area (Å²) >= 11 is 0. The van der Waals surface area contributed by atoms with E-state index >= 15 is 0 Å². The van der Waals surface area contributed by atoms with Crippen molar-refractivity contribution in [2.75, 3.05) is 0 Å². The molecule has 0 radical (unpaired) electrons. The molecular formula is C73H70N8. The zero-order valence-electron chi connectivity index (χ0n) is 48.7. The summed E-state index contributed by atoms with van der Waals surface area (Å²) in [5, 5.41) is 2.35. The van der Waals surface area contributed by atoms with Crippen molar-refractivity contribution in [3.05, 3.63) is 203 Å². The number of imidazole rings is 4. The molecule has 14 rings (SSSR count). The Bertz CT molecular complexity index is 4770. The smallest absolute Gasteiger partial charge is 0.220 e. The Morgan fingerprint density at radius 2 is 0.802 bits per heavy atom. The Morgan fingerprint density at radius 1 is 0.321 bits per heavy atom. The minimum absolute atomic E-state index is 0.334. The van der Waals surface area contributed by atoms with Crippen LogP contribution in [0.25, 0.3) is 117 Å². The molecule has 0 atom stereocenters. The molecule has 0 aliphatic rings. The van der Waals surface area contributed by atoms with Gasteiger partial charge >= 0.3 is 0 Å². The number of benzene rings is 8. The Morgan fingerprint density at radius 3 is 1.40 bits per heavy atom. The first-order chi connectivity index (χ1) is 39.1. The summed E-state index contributed by atoms with van der Waals surface area (Å²) in [6.45, 7) is 28.0. The van der Waals surface area contributed by atoms with Crippen molar-refractivity contribution in [3.63, 3.8) is 0 Å². The minimum atomic E-state index is 0.334. The molecule has 14 aromatic rings. The first kappa shape index (κ1) is 50.5. The normalized spacial score (nSPS) is 12.6. The highest BCUT2D eigenvalue weighted by atomic mass is 15.2. The van der Waals surface area contributed by atoms with Crippen LogP contribution in [0, 0.1) is 0 Å². The van der Waals surface area contributed by atoms with Crippen LogP contribution in [0.2, 0.25) is 0 Å². The number of hydrogen-bond donors (Lipinski definition) is 0. The van der Waals surface area contributed by atoms with Gasteiger partial charge in [0.1, 0.15) is 5.82 Å². The van der Waals surface area contributed by atoms with Gasteiger partial charge in [0.2, 0.25) is 11.6 Å². The Labute approximate surface area is 474 Å². The highest BCUT2D eigenvalue weighted by Crippen LogP contribution is 2.44. The van der Waals surface area contributed by atoms with Gasteiger partial charge in [-0.15, -0.1) is 0 Å². The van der Waals surface area contributed by atoms with E-state index in [1.165, 1.54) is 66.4 Å². The first-order valence-electron chi connectivity index (χ1n) is 29.3. The molecule has 0 spiro atoms. The highest BCUT2D eigenvalue weighted by molar-refractivity contribution is 6.10. The molecule has 8 aromatic carbocycles. The molecular weight excluding hydrogens is 989 g/mol. The molecule has 0 aliphatic heterocycles. The second kappa shape index (κ2) is 18.9. The summed E-state index contributed by atoms with van der Waals surface area (Å²) < 4.78 is 11.8. The lowest BCUT2D eigenvalue weighted by Gasteiger charge is -2.23. The average molecular weight is 1060 g/mol. The number of rotatable bonds is 11. The van der Waals surface area contributed by atoms with Gasteiger partial charge in [-0.2, -0.15) is 0 Å². The first-order valence-corrected chi connectivity index (χ1v) is 29.3. The Balaban J connectivity index is 1.07. The van der Waals surface area contributed by atoms with Crippen LogP contribution in [-0.4, -0.2) is 37.5 Å². The average Bonchev–Trinajstić information content (AvgIpc) is 3.98. The van der Waals surface area contributed by atoms with E-state index in [1.807, 2.05) is 12.3 Å². The molecule has 0 amide bonds. The van der Waals surface area contributed by atoms with Crippen molar-refractivity contribution < 1.29 is 0 Å². The molecule has 0 unspecified atom stereocenters. The molecule has 6 heterocycles. The fraction of sp³-hybridized carbons (Fsp3) is 0.247. The molecule has 81 heavy (non-hydrogen) atoms. The number of nitrogens with zero attached hydrogens (tertiary/aromatic N) is 8. The van der Waals surface area contributed by atoms with Gasteiger partial charge in [0.15, 0.2) is 0 Å². The van der Waals surface area contributed by atoms with Crippen molar-refractivity contribution in [2.24, 2.45) is 0 Å². The molecule has 0 N–H and O–H groups in total. The third-order valence-corrected chi connectivity index (χ3v) is 17.4. The van der Waals surface area contributed by atoms with Crippen LogP contribution >= 0.6 is 0 Å². The second-order valence-electron chi connectivity index (χ2n) is 24.6. The SMILES string of the molecule is CC(C)c1cc(C(C)C)c(-c2ccc3nc4n(-c5ccc6c(c5)n(-c5ccc7c8ccccc8n(-c8ccccn8)c7c5)c5nc7ccccc7n65)c5ccc(-c6c(C(C)C)cc(C(C)C)cc6C(C)C)cc5n4c3c2)c(C(C)C)c1. The number of aromatic nitrogens is 8. The number of fused-ring (bicyclic) bond motifs is 13. The minimum Gasteiger partial charge on any atom is -0.294 e. The van der Waals surface area contributed by atoms with Gasteiger partial charge in [0, 0.05) is 17.0 Å². The van der Waals surface area contributed by atoms with Crippen LogP contribution in [0.3, 0.4) is 0 Å². The maximum atomic E-state index is 5.66. The van der Waals surface area contributed by atoms with Gasteiger partial charge in [0.25, 0.3) is 0 Å². The van der Waals surface area contributed by atoms with Crippen molar-refractivity contribution in [2.45, 2.75) is 119 Å². The van der Waals surface area contributed by atoms with Gasteiger partial charge in [-0.3, -0.25) is 22.5 Å². The maximum Gasteiger partial charge on any atom is 0.220 e. The molecule has 0 fully saturated rings. The van der Waals surface area contributed by atoms with E-state index in [9.17, 15) is 0 Å². The van der Waals surface area contributed by atoms with Gasteiger partial charge < -0.3 is 0 Å². The number of pyridine rings is 1. The van der Waals surface area contributed by atoms with E-state index in [1.54, 1.807) is 0 Å². The van der Waals surface area contributed by atoms with E-state index in [0.717, 1.165) is 83.9 Å². The van der Waals surface area contributed by atoms with Gasteiger partial charge in [-0.25, -0.2) is 15.0 Å². The van der Waals surface area contributed by atoms with Crippen LogP contribution in [0.4, 0.5) is 0 Å². The summed E-state index contributed by atoms with van der Waals surface area (Å²) in [6.07, 6.45) is 1.87. The predicted molar refractivity (Wildman–Crippen MR) is 340 cm³/mol. The molecule has 402 valence electrons. The van der Waals surface area contributed by atoms with E-state index < -0.39 is 0 Å². The van der Waals surface area contributed by atoms with E-state index in [2.05, 4.69) is 263 Å². The molecule has 6 aromatic heterocycles. The summed E-state index contributed by atoms with van der Waals surface area (Å²) in [5.41, 5.74) is 26.1. The summed E-state index contributed by atoms with van der Waals surface area (Å²) in [7, 11) is 0. The van der Waals surface area contributed by atoms with Crippen LogP contribution in [-0.2, 0) is 0 Å². The summed E-state index contributed by atoms with van der Waals surface area (Å²) in [6, 6.07) is 61.1. The second-order valence-corrected chi connectivity index (χ2v) is 24.6. The molecule has 0 saturated carbocycles. The van der Waals surface area contributed by atoms with Crippen LogP contribution in [0.1, 0.15) is 152 Å². The quantitative estimate of drug-likeness (QED) is 0.130. The van der Waals surface area contributed by atoms with Crippen molar-refractivity contribution >= 4 is 77.5 Å². The molecule has 0 bridgehead atoms. The fourth-order valence-corrected chi connectivity index (χ4v) is 13.2. The number of hydrogen-bond acceptors (Lipinski definition) is 3. The Kier molecular flexibility index (Phi) is 11.8. The summed E-state index contributed by atoms with van der Waals surface area (Å²) in [4.78, 5) is 16.0. The molecule has 8 heteroatoms. The van der Waals surface area contributed by atoms with E-state index in [0.29, 0.717) is 35.5 Å². The molecule has 8 nitrogen and oxygen atoms in total. The molecule has 0 aliphatic carbocycles. The Hall–Kier alpha value is -8.75. The van der Waals surface area contributed by atoms with Crippen molar-refractivity contribution in [1.82, 2.24) is 37.5 Å². The largest absolute Gasteiger partial charge is 0.294 e. The van der Waals surface area contributed by atoms with Crippen LogP contribution < -0.4 is 0 Å².